The lowest BCUT2D eigenvalue weighted by Gasteiger charge is -2.15. The van der Waals surface area contributed by atoms with E-state index in [9.17, 15) is 4.79 Å². The molecular weight excluding hydrogens is 328 g/mol. The maximum absolute atomic E-state index is 12.5. The molecule has 0 aliphatic carbocycles. The van der Waals surface area contributed by atoms with Crippen LogP contribution in [0.4, 0.5) is 5.95 Å². The standard InChI is InChI=1S/C16H14N4OS2/c1-10-8-11(2)18-15(17-10)19-20-14(21)13(23-16(20)22)9-12-6-4-3-5-7-12/h3-9H,1-2H3,(H,17,18,19)/b13-9+. The first kappa shape index (κ1) is 15.6. The van der Waals surface area contributed by atoms with Crippen LogP contribution in [0, 0.1) is 13.8 Å². The van der Waals surface area contributed by atoms with Gasteiger partial charge in [-0.3, -0.25) is 10.2 Å². The van der Waals surface area contributed by atoms with Crippen LogP contribution in [0.3, 0.4) is 0 Å². The van der Waals surface area contributed by atoms with Gasteiger partial charge in [0.05, 0.1) is 4.91 Å². The highest BCUT2D eigenvalue weighted by atomic mass is 32.2. The first-order valence-electron chi connectivity index (χ1n) is 6.95. The Morgan fingerprint density at radius 1 is 1.17 bits per heavy atom. The molecule has 3 rings (SSSR count). The first-order valence-corrected chi connectivity index (χ1v) is 8.17. The number of nitrogens with one attached hydrogen (secondary N) is 1. The van der Waals surface area contributed by atoms with E-state index in [2.05, 4.69) is 15.4 Å². The number of anilines is 1. The van der Waals surface area contributed by atoms with E-state index >= 15 is 0 Å². The predicted molar refractivity (Wildman–Crippen MR) is 96.6 cm³/mol. The number of benzene rings is 1. The highest BCUT2D eigenvalue weighted by Crippen LogP contribution is 2.32. The number of aromatic nitrogens is 2. The fraction of sp³-hybridized carbons (Fsp3) is 0.125. The Labute approximate surface area is 143 Å². The summed E-state index contributed by atoms with van der Waals surface area (Å²) in [6, 6.07) is 11.5. The summed E-state index contributed by atoms with van der Waals surface area (Å²) in [7, 11) is 0. The number of carbonyl (C=O) groups is 1. The van der Waals surface area contributed by atoms with Gasteiger partial charge in [0.1, 0.15) is 0 Å². The van der Waals surface area contributed by atoms with Crippen molar-refractivity contribution in [3.8, 4) is 0 Å². The smallest absolute Gasteiger partial charge is 0.266 e. The quantitative estimate of drug-likeness (QED) is 0.682. The third-order valence-electron chi connectivity index (χ3n) is 3.09. The third-order valence-corrected chi connectivity index (χ3v) is 4.39. The molecule has 0 spiro atoms. The minimum atomic E-state index is -0.202. The molecule has 1 aromatic carbocycles. The van der Waals surface area contributed by atoms with E-state index in [0.717, 1.165) is 17.0 Å². The zero-order valence-electron chi connectivity index (χ0n) is 12.6. The zero-order chi connectivity index (χ0) is 16.4. The van der Waals surface area contributed by atoms with Crippen LogP contribution in [0.5, 0.6) is 0 Å². The SMILES string of the molecule is Cc1cc(C)nc(NN2C(=O)/C(=C\c3ccccc3)SC2=S)n1. The Kier molecular flexibility index (Phi) is 4.40. The molecule has 0 radical (unpaired) electrons. The van der Waals surface area contributed by atoms with E-state index < -0.39 is 0 Å². The van der Waals surface area contributed by atoms with Crippen molar-refractivity contribution in [2.24, 2.45) is 0 Å². The average molecular weight is 342 g/mol. The first-order chi connectivity index (χ1) is 11.0. The number of carbonyl (C=O) groups excluding carboxylic acids is 1. The minimum absolute atomic E-state index is 0.202. The molecule has 0 saturated carbocycles. The molecule has 2 aromatic rings. The second-order valence-electron chi connectivity index (χ2n) is 5.01. The topological polar surface area (TPSA) is 58.1 Å². The lowest BCUT2D eigenvalue weighted by molar-refractivity contribution is -0.121. The van der Waals surface area contributed by atoms with Crippen LogP contribution >= 0.6 is 24.0 Å². The van der Waals surface area contributed by atoms with Crippen molar-refractivity contribution in [3.05, 3.63) is 58.3 Å². The van der Waals surface area contributed by atoms with Gasteiger partial charge in [-0.15, -0.1) is 0 Å². The molecule has 2 heterocycles. The molecule has 1 aliphatic rings. The summed E-state index contributed by atoms with van der Waals surface area (Å²) in [5, 5.41) is 1.31. The number of hydrazine groups is 1. The average Bonchev–Trinajstić information content (AvgIpc) is 2.75. The third kappa shape index (κ3) is 3.57. The number of nitrogens with zero attached hydrogens (tertiary/aromatic N) is 3. The molecular formula is C16H14N4OS2. The molecule has 5 nitrogen and oxygen atoms in total. The van der Waals surface area contributed by atoms with Crippen molar-refractivity contribution in [2.75, 3.05) is 5.43 Å². The van der Waals surface area contributed by atoms with Crippen LogP contribution in [0.15, 0.2) is 41.3 Å². The molecule has 1 amide bonds. The molecule has 0 bridgehead atoms. The molecule has 1 N–H and O–H groups in total. The van der Waals surface area contributed by atoms with Gasteiger partial charge < -0.3 is 0 Å². The molecule has 7 heteroatoms. The van der Waals surface area contributed by atoms with Crippen LogP contribution < -0.4 is 5.43 Å². The van der Waals surface area contributed by atoms with Gasteiger partial charge in [0.15, 0.2) is 4.32 Å². The summed E-state index contributed by atoms with van der Waals surface area (Å²) in [5.41, 5.74) is 5.50. The summed E-state index contributed by atoms with van der Waals surface area (Å²) < 4.78 is 0.431. The highest BCUT2D eigenvalue weighted by Gasteiger charge is 2.33. The van der Waals surface area contributed by atoms with Gasteiger partial charge in [-0.1, -0.05) is 42.1 Å². The van der Waals surface area contributed by atoms with Crippen molar-refractivity contribution >= 4 is 46.2 Å². The Bertz CT molecular complexity index is 785. The lowest BCUT2D eigenvalue weighted by atomic mass is 10.2. The van der Waals surface area contributed by atoms with E-state index in [-0.39, 0.29) is 5.91 Å². The summed E-state index contributed by atoms with van der Waals surface area (Å²) in [6.07, 6.45) is 1.82. The second-order valence-corrected chi connectivity index (χ2v) is 6.69. The summed E-state index contributed by atoms with van der Waals surface area (Å²) in [6.45, 7) is 3.75. The lowest BCUT2D eigenvalue weighted by Crippen LogP contribution is -2.34. The molecule has 1 aliphatic heterocycles. The monoisotopic (exact) mass is 342 g/mol. The van der Waals surface area contributed by atoms with Gasteiger partial charge in [0.2, 0.25) is 5.95 Å². The van der Waals surface area contributed by atoms with Crippen molar-refractivity contribution in [1.29, 1.82) is 0 Å². The molecule has 116 valence electrons. The van der Waals surface area contributed by atoms with Gasteiger partial charge in [0.25, 0.3) is 5.91 Å². The van der Waals surface area contributed by atoms with E-state index in [4.69, 9.17) is 12.2 Å². The van der Waals surface area contributed by atoms with Gasteiger partial charge >= 0.3 is 0 Å². The number of amides is 1. The number of thiocarbonyl (C=S) groups is 1. The van der Waals surface area contributed by atoms with Crippen LogP contribution in [0.2, 0.25) is 0 Å². The van der Waals surface area contributed by atoms with E-state index in [1.807, 2.05) is 56.3 Å². The number of hydrogen-bond donors (Lipinski definition) is 1. The van der Waals surface area contributed by atoms with Crippen molar-refractivity contribution in [1.82, 2.24) is 15.0 Å². The van der Waals surface area contributed by atoms with Gasteiger partial charge in [0, 0.05) is 11.4 Å². The van der Waals surface area contributed by atoms with Crippen LogP contribution in [0.1, 0.15) is 17.0 Å². The van der Waals surface area contributed by atoms with Crippen molar-refractivity contribution in [2.45, 2.75) is 13.8 Å². The fourth-order valence-electron chi connectivity index (χ4n) is 2.14. The van der Waals surface area contributed by atoms with Crippen LogP contribution in [-0.4, -0.2) is 25.2 Å². The van der Waals surface area contributed by atoms with Gasteiger partial charge in [-0.05, 0) is 43.8 Å². The normalized spacial score (nSPS) is 16.3. The van der Waals surface area contributed by atoms with E-state index in [1.165, 1.54) is 16.8 Å². The molecule has 1 saturated heterocycles. The van der Waals surface area contributed by atoms with Gasteiger partial charge in [-0.2, -0.15) is 5.01 Å². The highest BCUT2D eigenvalue weighted by molar-refractivity contribution is 8.26. The Hall–Kier alpha value is -2.25. The van der Waals surface area contributed by atoms with Crippen LogP contribution in [-0.2, 0) is 4.79 Å². The van der Waals surface area contributed by atoms with Crippen LogP contribution in [0.25, 0.3) is 6.08 Å². The van der Waals surface area contributed by atoms with Gasteiger partial charge in [-0.25, -0.2) is 9.97 Å². The molecule has 0 atom stereocenters. The van der Waals surface area contributed by atoms with Crippen molar-refractivity contribution < 1.29 is 4.79 Å². The molecule has 1 fully saturated rings. The summed E-state index contributed by atoms with van der Waals surface area (Å²) in [4.78, 5) is 21.6. The Balaban J connectivity index is 1.83. The van der Waals surface area contributed by atoms with Crippen molar-refractivity contribution in [3.63, 3.8) is 0 Å². The second kappa shape index (κ2) is 6.47. The molecule has 0 unspecified atom stereocenters. The number of thioether (sulfide) groups is 1. The largest absolute Gasteiger partial charge is 0.285 e. The fourth-order valence-corrected chi connectivity index (χ4v) is 3.32. The summed E-state index contributed by atoms with van der Waals surface area (Å²) in [5.74, 6) is 0.159. The number of hydrogen-bond acceptors (Lipinski definition) is 6. The predicted octanol–water partition coefficient (Wildman–Crippen LogP) is 3.32. The minimum Gasteiger partial charge on any atom is -0.266 e. The molecule has 1 aromatic heterocycles. The zero-order valence-corrected chi connectivity index (χ0v) is 14.2. The maximum atomic E-state index is 12.5. The van der Waals surface area contributed by atoms with E-state index in [0.29, 0.717) is 15.2 Å². The van der Waals surface area contributed by atoms with E-state index in [1.54, 1.807) is 0 Å². The number of aryl methyl sites for hydroxylation is 2. The Morgan fingerprint density at radius 2 is 1.83 bits per heavy atom. The maximum Gasteiger partial charge on any atom is 0.285 e. The Morgan fingerprint density at radius 3 is 2.48 bits per heavy atom. The summed E-state index contributed by atoms with van der Waals surface area (Å²) >= 11 is 6.54. The number of rotatable bonds is 3. The molecule has 23 heavy (non-hydrogen) atoms.